The van der Waals surface area contributed by atoms with Gasteiger partial charge in [0.05, 0.1) is 11.4 Å². The van der Waals surface area contributed by atoms with Crippen LogP contribution in [0.3, 0.4) is 0 Å². The van der Waals surface area contributed by atoms with E-state index in [-0.39, 0.29) is 23.8 Å². The average Bonchev–Trinajstić information content (AvgIpc) is 2.88. The van der Waals surface area contributed by atoms with Gasteiger partial charge in [-0.3, -0.25) is 14.5 Å². The molecule has 1 aliphatic heterocycles. The van der Waals surface area contributed by atoms with Crippen LogP contribution >= 0.6 is 0 Å². The van der Waals surface area contributed by atoms with Crippen molar-refractivity contribution in [2.24, 2.45) is 4.99 Å². The number of hydrogen-bond acceptors (Lipinski definition) is 4. The van der Waals surface area contributed by atoms with Crippen molar-refractivity contribution in [1.29, 1.82) is 0 Å². The number of hydrogen-bond donors (Lipinski definition) is 1. The highest BCUT2D eigenvalue weighted by Gasteiger charge is 2.29. The van der Waals surface area contributed by atoms with Crippen LogP contribution in [0.5, 0.6) is 0 Å². The fourth-order valence-electron chi connectivity index (χ4n) is 2.84. The van der Waals surface area contributed by atoms with Crippen molar-refractivity contribution in [3.8, 4) is 0 Å². The summed E-state index contributed by atoms with van der Waals surface area (Å²) in [6.07, 6.45) is 0.218. The summed E-state index contributed by atoms with van der Waals surface area (Å²) >= 11 is 0. The number of rotatable bonds is 5. The number of benzene rings is 2. The number of carbonyl (C=O) groups excluding carboxylic acids is 1. The molecule has 2 aromatic rings. The molecule has 0 aliphatic carbocycles. The van der Waals surface area contributed by atoms with Gasteiger partial charge in [-0.25, -0.2) is 8.42 Å². The normalized spacial score (nSPS) is 16.2. The standard InChI is InChI=1S/C19H21N3O3S/c1-14-7-3-4-8-15(14)13-22(2)18(23)11-12-20-19-16-9-5-6-10-17(16)26(24,25)21-19/h3-10H,11-13H2,1-2H3,(H,20,21). The minimum atomic E-state index is -3.54. The third-order valence-electron chi connectivity index (χ3n) is 4.35. The van der Waals surface area contributed by atoms with Gasteiger partial charge < -0.3 is 4.90 Å². The molecule has 1 N–H and O–H groups in total. The molecule has 0 saturated carbocycles. The van der Waals surface area contributed by atoms with Crippen molar-refractivity contribution < 1.29 is 13.2 Å². The molecule has 0 unspecified atom stereocenters. The van der Waals surface area contributed by atoms with Crippen molar-refractivity contribution in [2.45, 2.75) is 24.8 Å². The first-order valence-corrected chi connectivity index (χ1v) is 9.82. The summed E-state index contributed by atoms with van der Waals surface area (Å²) in [6, 6.07) is 14.6. The molecule has 1 heterocycles. The van der Waals surface area contributed by atoms with E-state index >= 15 is 0 Å². The lowest BCUT2D eigenvalue weighted by Crippen LogP contribution is -2.27. The van der Waals surface area contributed by atoms with Crippen LogP contribution in [0.2, 0.25) is 0 Å². The highest BCUT2D eigenvalue weighted by atomic mass is 32.2. The number of amidine groups is 1. The lowest BCUT2D eigenvalue weighted by Gasteiger charge is -2.18. The molecule has 26 heavy (non-hydrogen) atoms. The molecule has 0 saturated heterocycles. The van der Waals surface area contributed by atoms with Crippen molar-refractivity contribution >= 4 is 21.8 Å². The minimum Gasteiger partial charge on any atom is -0.341 e. The van der Waals surface area contributed by atoms with Crippen molar-refractivity contribution in [1.82, 2.24) is 9.62 Å². The van der Waals surface area contributed by atoms with Crippen LogP contribution in [0, 0.1) is 6.92 Å². The highest BCUT2D eigenvalue weighted by molar-refractivity contribution is 7.90. The lowest BCUT2D eigenvalue weighted by atomic mass is 10.1. The molecule has 0 radical (unpaired) electrons. The highest BCUT2D eigenvalue weighted by Crippen LogP contribution is 2.22. The molecule has 0 aromatic heterocycles. The molecule has 0 fully saturated rings. The summed E-state index contributed by atoms with van der Waals surface area (Å²) in [5.41, 5.74) is 2.80. The molecule has 7 heteroatoms. The first-order valence-electron chi connectivity index (χ1n) is 8.33. The third kappa shape index (κ3) is 3.77. The van der Waals surface area contributed by atoms with E-state index in [1.54, 1.807) is 36.2 Å². The van der Waals surface area contributed by atoms with E-state index in [0.29, 0.717) is 17.9 Å². The number of nitrogens with zero attached hydrogens (tertiary/aromatic N) is 2. The maximum absolute atomic E-state index is 12.3. The zero-order chi connectivity index (χ0) is 18.7. The summed E-state index contributed by atoms with van der Waals surface area (Å²) in [7, 11) is -1.78. The van der Waals surface area contributed by atoms with Crippen LogP contribution in [0.25, 0.3) is 0 Å². The second-order valence-electron chi connectivity index (χ2n) is 6.26. The van der Waals surface area contributed by atoms with Gasteiger partial charge in [-0.05, 0) is 30.2 Å². The van der Waals surface area contributed by atoms with Gasteiger partial charge >= 0.3 is 0 Å². The molecular formula is C19H21N3O3S. The largest absolute Gasteiger partial charge is 0.341 e. The van der Waals surface area contributed by atoms with Crippen LogP contribution in [0.4, 0.5) is 0 Å². The van der Waals surface area contributed by atoms with Gasteiger partial charge in [-0.1, -0.05) is 36.4 Å². The number of amides is 1. The maximum Gasteiger partial charge on any atom is 0.263 e. The summed E-state index contributed by atoms with van der Waals surface area (Å²) in [6.45, 7) is 2.78. The van der Waals surface area contributed by atoms with Crippen LogP contribution in [0.1, 0.15) is 23.1 Å². The Morgan fingerprint density at radius 3 is 2.58 bits per heavy atom. The van der Waals surface area contributed by atoms with Gasteiger partial charge in [0, 0.05) is 25.6 Å². The van der Waals surface area contributed by atoms with Crippen LogP contribution in [0.15, 0.2) is 58.4 Å². The fraction of sp³-hybridized carbons (Fsp3) is 0.263. The zero-order valence-electron chi connectivity index (χ0n) is 14.8. The van der Waals surface area contributed by atoms with E-state index in [4.69, 9.17) is 0 Å². The van der Waals surface area contributed by atoms with Gasteiger partial charge in [0.2, 0.25) is 5.91 Å². The van der Waals surface area contributed by atoms with E-state index in [0.717, 1.165) is 11.1 Å². The van der Waals surface area contributed by atoms with E-state index < -0.39 is 10.0 Å². The Kier molecular flexibility index (Phi) is 5.08. The zero-order valence-corrected chi connectivity index (χ0v) is 15.6. The Morgan fingerprint density at radius 1 is 1.12 bits per heavy atom. The summed E-state index contributed by atoms with van der Waals surface area (Å²) in [5, 5.41) is 0. The van der Waals surface area contributed by atoms with Gasteiger partial charge in [0.1, 0.15) is 5.84 Å². The minimum absolute atomic E-state index is 0.0354. The van der Waals surface area contributed by atoms with E-state index in [9.17, 15) is 13.2 Å². The fourth-order valence-corrected chi connectivity index (χ4v) is 4.09. The van der Waals surface area contributed by atoms with E-state index in [2.05, 4.69) is 9.71 Å². The molecule has 1 amide bonds. The second kappa shape index (κ2) is 7.29. The number of fused-ring (bicyclic) bond motifs is 1. The number of nitrogens with one attached hydrogen (secondary N) is 1. The third-order valence-corrected chi connectivity index (χ3v) is 5.75. The predicted octanol–water partition coefficient (Wildman–Crippen LogP) is 2.08. The SMILES string of the molecule is Cc1ccccc1CN(C)C(=O)CCN=C1NS(=O)(=O)c2ccccc21. The molecule has 0 spiro atoms. The van der Waals surface area contributed by atoms with Gasteiger partial charge in [-0.15, -0.1) is 0 Å². The van der Waals surface area contributed by atoms with Crippen LogP contribution < -0.4 is 4.72 Å². The van der Waals surface area contributed by atoms with Gasteiger partial charge in [-0.2, -0.15) is 0 Å². The molecular weight excluding hydrogens is 350 g/mol. The molecule has 2 aromatic carbocycles. The van der Waals surface area contributed by atoms with E-state index in [1.165, 1.54) is 0 Å². The van der Waals surface area contributed by atoms with Crippen LogP contribution in [-0.4, -0.2) is 38.7 Å². The Morgan fingerprint density at radius 2 is 1.81 bits per heavy atom. The average molecular weight is 371 g/mol. The molecule has 136 valence electrons. The van der Waals surface area contributed by atoms with Crippen LogP contribution in [-0.2, 0) is 21.4 Å². The Labute approximate surface area is 153 Å². The topological polar surface area (TPSA) is 78.8 Å². The first-order chi connectivity index (χ1) is 12.4. The second-order valence-corrected chi connectivity index (χ2v) is 7.91. The summed E-state index contributed by atoms with van der Waals surface area (Å²) in [4.78, 5) is 18.5. The summed E-state index contributed by atoms with van der Waals surface area (Å²) < 4.78 is 26.5. The molecule has 1 aliphatic rings. The molecule has 0 atom stereocenters. The smallest absolute Gasteiger partial charge is 0.263 e. The first kappa shape index (κ1) is 18.1. The van der Waals surface area contributed by atoms with Gasteiger partial charge in [0.25, 0.3) is 10.0 Å². The van der Waals surface area contributed by atoms with Crippen molar-refractivity contribution in [3.05, 3.63) is 65.2 Å². The Bertz CT molecular complexity index is 967. The summed E-state index contributed by atoms with van der Waals surface area (Å²) in [5.74, 6) is 0.265. The monoisotopic (exact) mass is 371 g/mol. The number of aliphatic imine (C=N–C) groups is 1. The van der Waals surface area contributed by atoms with Crippen molar-refractivity contribution in [2.75, 3.05) is 13.6 Å². The molecule has 6 nitrogen and oxygen atoms in total. The quantitative estimate of drug-likeness (QED) is 0.874. The lowest BCUT2D eigenvalue weighted by molar-refractivity contribution is -0.130. The predicted molar refractivity (Wildman–Crippen MR) is 100 cm³/mol. The Hall–Kier alpha value is -2.67. The Balaban J connectivity index is 1.62. The molecule has 0 bridgehead atoms. The molecule has 3 rings (SSSR count). The van der Waals surface area contributed by atoms with Crippen molar-refractivity contribution in [3.63, 3.8) is 0 Å². The number of carbonyl (C=O) groups is 1. The number of sulfonamides is 1. The number of aryl methyl sites for hydroxylation is 1. The maximum atomic E-state index is 12.3. The van der Waals surface area contributed by atoms with E-state index in [1.807, 2.05) is 31.2 Å². The van der Waals surface area contributed by atoms with Gasteiger partial charge in [0.15, 0.2) is 0 Å².